The number of ether oxygens (including phenoxy) is 4. The third kappa shape index (κ3) is 3.61. The third-order valence-corrected chi connectivity index (χ3v) is 5.24. The van der Waals surface area contributed by atoms with E-state index < -0.39 is 55.5 Å². The summed E-state index contributed by atoms with van der Waals surface area (Å²) in [6.45, 7) is -0.857. The van der Waals surface area contributed by atoms with Gasteiger partial charge in [-0.3, -0.25) is 0 Å². The van der Waals surface area contributed by atoms with Gasteiger partial charge in [-0.15, -0.1) is 0 Å². The lowest BCUT2D eigenvalue weighted by Gasteiger charge is -2.42. The maximum Gasteiger partial charge on any atom is 0.337 e. The Morgan fingerprint density at radius 3 is 2.56 bits per heavy atom. The molecule has 1 aliphatic carbocycles. The van der Waals surface area contributed by atoms with Crippen LogP contribution in [0.2, 0.25) is 0 Å². The molecular formula is C17H24O10. The number of hydrogen-bond acceptors (Lipinski definition) is 10. The predicted molar refractivity (Wildman–Crippen MR) is 86.6 cm³/mol. The Bertz CT molecular complexity index is 615. The van der Waals surface area contributed by atoms with Crippen LogP contribution >= 0.6 is 0 Å². The van der Waals surface area contributed by atoms with E-state index in [0.717, 1.165) is 0 Å². The molecule has 1 fully saturated rings. The molecule has 0 aromatic rings. The number of methoxy groups -OCH3 is 1. The van der Waals surface area contributed by atoms with Gasteiger partial charge in [-0.1, -0.05) is 6.08 Å². The lowest BCUT2D eigenvalue weighted by atomic mass is 9.83. The molecule has 0 radical (unpaired) electrons. The first kappa shape index (κ1) is 20.2. The molecule has 8 atom stereocenters. The second-order valence-corrected chi connectivity index (χ2v) is 6.71. The summed E-state index contributed by atoms with van der Waals surface area (Å²) >= 11 is 0. The molecule has 0 saturated carbocycles. The molecule has 10 nitrogen and oxygen atoms in total. The van der Waals surface area contributed by atoms with E-state index in [-0.39, 0.29) is 12.5 Å². The van der Waals surface area contributed by atoms with Crippen LogP contribution in [0.4, 0.5) is 0 Å². The van der Waals surface area contributed by atoms with E-state index in [9.17, 15) is 30.3 Å². The molecule has 152 valence electrons. The monoisotopic (exact) mass is 388 g/mol. The summed E-state index contributed by atoms with van der Waals surface area (Å²) in [7, 11) is 1.25. The molecule has 3 aliphatic rings. The second kappa shape index (κ2) is 8.23. The van der Waals surface area contributed by atoms with Gasteiger partial charge in [0, 0.05) is 5.92 Å². The Kier molecular flexibility index (Phi) is 6.16. The molecule has 5 N–H and O–H groups in total. The van der Waals surface area contributed by atoms with Crippen molar-refractivity contribution in [1.82, 2.24) is 0 Å². The molecule has 0 bridgehead atoms. The summed E-state index contributed by atoms with van der Waals surface area (Å²) in [6, 6.07) is 0. The van der Waals surface area contributed by atoms with Crippen molar-refractivity contribution in [2.45, 2.75) is 43.4 Å². The Balaban J connectivity index is 1.80. The van der Waals surface area contributed by atoms with Crippen LogP contribution in [0, 0.1) is 11.8 Å². The topological polar surface area (TPSA) is 155 Å². The first-order chi connectivity index (χ1) is 12.9. The van der Waals surface area contributed by atoms with Crippen molar-refractivity contribution in [3.8, 4) is 0 Å². The highest BCUT2D eigenvalue weighted by Crippen LogP contribution is 2.44. The molecule has 2 heterocycles. The van der Waals surface area contributed by atoms with Gasteiger partial charge < -0.3 is 44.5 Å². The summed E-state index contributed by atoms with van der Waals surface area (Å²) in [5, 5.41) is 48.8. The van der Waals surface area contributed by atoms with Crippen molar-refractivity contribution < 1.29 is 49.3 Å². The molecule has 2 aliphatic heterocycles. The van der Waals surface area contributed by atoms with Gasteiger partial charge in [0.2, 0.25) is 6.29 Å². The molecule has 3 rings (SSSR count). The average molecular weight is 388 g/mol. The fourth-order valence-corrected chi connectivity index (χ4v) is 3.73. The molecule has 27 heavy (non-hydrogen) atoms. The van der Waals surface area contributed by atoms with E-state index in [4.69, 9.17) is 18.9 Å². The normalized spacial score (nSPS) is 41.3. The molecule has 0 aromatic heterocycles. The molecular weight excluding hydrogens is 364 g/mol. The highest BCUT2D eigenvalue weighted by atomic mass is 16.8. The number of carbonyl (C=O) groups is 1. The van der Waals surface area contributed by atoms with E-state index in [1.807, 2.05) is 0 Å². The Labute approximate surface area is 155 Å². The van der Waals surface area contributed by atoms with Gasteiger partial charge in [-0.05, 0) is 12.0 Å². The fourth-order valence-electron chi connectivity index (χ4n) is 3.73. The highest BCUT2D eigenvalue weighted by Gasteiger charge is 2.49. The molecule has 10 heteroatoms. The van der Waals surface area contributed by atoms with Crippen molar-refractivity contribution in [1.29, 1.82) is 0 Å². The zero-order chi connectivity index (χ0) is 19.7. The van der Waals surface area contributed by atoms with Crippen molar-refractivity contribution >= 4 is 5.97 Å². The van der Waals surface area contributed by atoms with Crippen LogP contribution in [-0.2, 0) is 23.7 Å². The number of aliphatic hydroxyl groups is 5. The minimum absolute atomic E-state index is 0.270. The van der Waals surface area contributed by atoms with Crippen LogP contribution in [0.1, 0.15) is 6.42 Å². The molecule has 0 spiro atoms. The lowest BCUT2D eigenvalue weighted by molar-refractivity contribution is -0.339. The zero-order valence-electron chi connectivity index (χ0n) is 14.7. The highest BCUT2D eigenvalue weighted by molar-refractivity contribution is 5.89. The van der Waals surface area contributed by atoms with Crippen LogP contribution in [-0.4, -0.2) is 88.8 Å². The lowest BCUT2D eigenvalue weighted by Crippen LogP contribution is -2.60. The number of carbonyl (C=O) groups excluding carboxylic acids is 1. The summed E-state index contributed by atoms with van der Waals surface area (Å²) < 4.78 is 21.3. The minimum atomic E-state index is -1.59. The minimum Gasteiger partial charge on any atom is -0.471 e. The number of fused-ring (bicyclic) bond motifs is 1. The quantitative estimate of drug-likeness (QED) is 0.258. The largest absolute Gasteiger partial charge is 0.471 e. The summed E-state index contributed by atoms with van der Waals surface area (Å²) in [6.07, 6.45) is -4.73. The summed E-state index contributed by atoms with van der Waals surface area (Å²) in [4.78, 5) is 12.0. The smallest absolute Gasteiger partial charge is 0.337 e. The van der Waals surface area contributed by atoms with E-state index in [2.05, 4.69) is 0 Å². The van der Waals surface area contributed by atoms with Crippen molar-refractivity contribution in [2.24, 2.45) is 11.8 Å². The fraction of sp³-hybridized carbons (Fsp3) is 0.706. The van der Waals surface area contributed by atoms with E-state index >= 15 is 0 Å². The SMILES string of the molecule is COC(=O)C1=CO[C@@H](O[C@H]2O[C@@H](CO)[C@@H](O)[C@@H](O)[C@@H]2O)[C@H]2C(CO)=CC[C@H]12. The van der Waals surface area contributed by atoms with Gasteiger partial charge in [0.05, 0.1) is 38.1 Å². The first-order valence-corrected chi connectivity index (χ1v) is 8.62. The average Bonchev–Trinajstić information content (AvgIpc) is 3.12. The third-order valence-electron chi connectivity index (χ3n) is 5.24. The second-order valence-electron chi connectivity index (χ2n) is 6.71. The number of hydrogen-bond donors (Lipinski definition) is 5. The van der Waals surface area contributed by atoms with Gasteiger partial charge in [0.25, 0.3) is 0 Å². The van der Waals surface area contributed by atoms with Crippen molar-refractivity contribution in [3.05, 3.63) is 23.5 Å². The maximum absolute atomic E-state index is 12.0. The number of rotatable bonds is 5. The van der Waals surface area contributed by atoms with E-state index in [0.29, 0.717) is 17.6 Å². The van der Waals surface area contributed by atoms with Crippen LogP contribution in [0.3, 0.4) is 0 Å². The van der Waals surface area contributed by atoms with Gasteiger partial charge in [0.1, 0.15) is 24.4 Å². The Morgan fingerprint density at radius 1 is 1.19 bits per heavy atom. The van der Waals surface area contributed by atoms with Gasteiger partial charge in [-0.2, -0.15) is 0 Å². The molecule has 1 saturated heterocycles. The first-order valence-electron chi connectivity index (χ1n) is 8.62. The Morgan fingerprint density at radius 2 is 1.93 bits per heavy atom. The maximum atomic E-state index is 12.0. The standard InChI is InChI=1S/C17H24O10/c1-24-15(23)9-6-25-16(11-7(4-18)2-3-8(9)11)27-17-14(22)13(21)12(20)10(5-19)26-17/h2,6,8,10-14,16-22H,3-5H2,1H3/t8-,10+,11+,12-,13-,14+,16+,17-/m1/s1. The van der Waals surface area contributed by atoms with Gasteiger partial charge in [0.15, 0.2) is 6.29 Å². The molecule has 0 amide bonds. The number of allylic oxidation sites excluding steroid dienone is 1. The van der Waals surface area contributed by atoms with Crippen LogP contribution in [0.15, 0.2) is 23.5 Å². The number of esters is 1. The predicted octanol–water partition coefficient (Wildman–Crippen LogP) is -2.23. The Hall–Kier alpha value is -1.53. The number of aliphatic hydroxyl groups excluding tert-OH is 5. The summed E-state index contributed by atoms with van der Waals surface area (Å²) in [5.74, 6) is -1.42. The van der Waals surface area contributed by atoms with Crippen molar-refractivity contribution in [3.63, 3.8) is 0 Å². The van der Waals surface area contributed by atoms with Crippen LogP contribution in [0.5, 0.6) is 0 Å². The zero-order valence-corrected chi connectivity index (χ0v) is 14.7. The molecule has 0 aromatic carbocycles. The van der Waals surface area contributed by atoms with Crippen LogP contribution in [0.25, 0.3) is 0 Å². The van der Waals surface area contributed by atoms with E-state index in [1.165, 1.54) is 13.4 Å². The van der Waals surface area contributed by atoms with Crippen LogP contribution < -0.4 is 0 Å². The van der Waals surface area contributed by atoms with Gasteiger partial charge >= 0.3 is 5.97 Å². The van der Waals surface area contributed by atoms with Gasteiger partial charge in [-0.25, -0.2) is 4.79 Å². The summed E-state index contributed by atoms with van der Waals surface area (Å²) in [5.41, 5.74) is 0.903. The molecule has 0 unspecified atom stereocenters. The van der Waals surface area contributed by atoms with Crippen molar-refractivity contribution in [2.75, 3.05) is 20.3 Å². The van der Waals surface area contributed by atoms with E-state index in [1.54, 1.807) is 6.08 Å².